The van der Waals surface area contributed by atoms with Gasteiger partial charge in [-0.15, -0.1) is 11.3 Å². The zero-order valence-corrected chi connectivity index (χ0v) is 12.8. The van der Waals surface area contributed by atoms with Gasteiger partial charge in [-0.1, -0.05) is 29.8 Å². The fourth-order valence-corrected chi connectivity index (χ4v) is 3.19. The van der Waals surface area contributed by atoms with Crippen molar-refractivity contribution in [2.75, 3.05) is 6.61 Å². The zero-order chi connectivity index (χ0) is 14.7. The van der Waals surface area contributed by atoms with Crippen LogP contribution < -0.4 is 0 Å². The first-order valence-electron chi connectivity index (χ1n) is 6.71. The summed E-state index contributed by atoms with van der Waals surface area (Å²) < 4.78 is 10.8. The Morgan fingerprint density at radius 1 is 1.48 bits per heavy atom. The van der Waals surface area contributed by atoms with E-state index in [2.05, 4.69) is 4.98 Å². The zero-order valence-electron chi connectivity index (χ0n) is 11.3. The van der Waals surface area contributed by atoms with Crippen LogP contribution in [-0.4, -0.2) is 17.6 Å². The van der Waals surface area contributed by atoms with E-state index in [1.54, 1.807) is 11.4 Å². The highest BCUT2D eigenvalue weighted by molar-refractivity contribution is 7.09. The molecule has 3 rings (SSSR count). The Morgan fingerprint density at radius 2 is 2.33 bits per heavy atom. The average molecular weight is 324 g/mol. The lowest BCUT2D eigenvalue weighted by Gasteiger charge is -2.05. The lowest BCUT2D eigenvalue weighted by Crippen LogP contribution is -2.06. The number of halogens is 1. The van der Waals surface area contributed by atoms with Crippen LogP contribution in [0.2, 0.25) is 5.02 Å². The largest absolute Gasteiger partial charge is 0.456 e. The standard InChI is InChI=1S/C15H14ClNO3S/c16-11-5-2-1-4-10(11)8-20-15(18)12-9-21-14(17-12)13-6-3-7-19-13/h1-2,4-5,9,13H,3,6-8H2. The molecule has 2 aromatic rings. The second-order valence-electron chi connectivity index (χ2n) is 4.74. The summed E-state index contributed by atoms with van der Waals surface area (Å²) >= 11 is 7.46. The van der Waals surface area contributed by atoms with Crippen LogP contribution in [0.15, 0.2) is 29.6 Å². The molecule has 0 spiro atoms. The first-order valence-corrected chi connectivity index (χ1v) is 7.97. The van der Waals surface area contributed by atoms with Crippen LogP contribution in [0.1, 0.15) is 40.0 Å². The lowest BCUT2D eigenvalue weighted by atomic mass is 10.2. The Morgan fingerprint density at radius 3 is 3.10 bits per heavy atom. The molecule has 1 aromatic carbocycles. The lowest BCUT2D eigenvalue weighted by molar-refractivity contribution is 0.0465. The number of hydrogen-bond acceptors (Lipinski definition) is 5. The summed E-state index contributed by atoms with van der Waals surface area (Å²) in [4.78, 5) is 16.3. The quantitative estimate of drug-likeness (QED) is 0.798. The van der Waals surface area contributed by atoms with Crippen molar-refractivity contribution in [1.29, 1.82) is 0 Å². The summed E-state index contributed by atoms with van der Waals surface area (Å²) in [7, 11) is 0. The van der Waals surface area contributed by atoms with Gasteiger partial charge in [0.25, 0.3) is 0 Å². The molecule has 1 aromatic heterocycles. The third-order valence-electron chi connectivity index (χ3n) is 3.25. The van der Waals surface area contributed by atoms with Crippen LogP contribution >= 0.6 is 22.9 Å². The van der Waals surface area contributed by atoms with Crippen LogP contribution in [0.3, 0.4) is 0 Å². The number of nitrogens with zero attached hydrogens (tertiary/aromatic N) is 1. The fraction of sp³-hybridized carbons (Fsp3) is 0.333. The molecule has 1 saturated heterocycles. The Kier molecular flexibility index (Phi) is 4.53. The van der Waals surface area contributed by atoms with Gasteiger partial charge in [0.15, 0.2) is 5.69 Å². The van der Waals surface area contributed by atoms with E-state index in [1.165, 1.54) is 11.3 Å². The van der Waals surface area contributed by atoms with E-state index in [1.807, 2.05) is 18.2 Å². The number of aromatic nitrogens is 1. The van der Waals surface area contributed by atoms with Gasteiger partial charge in [0.1, 0.15) is 17.7 Å². The highest BCUT2D eigenvalue weighted by atomic mass is 35.5. The third-order valence-corrected chi connectivity index (χ3v) is 4.56. The molecule has 110 valence electrons. The molecule has 0 bridgehead atoms. The minimum absolute atomic E-state index is 0.0279. The first-order chi connectivity index (χ1) is 10.2. The molecule has 6 heteroatoms. The second-order valence-corrected chi connectivity index (χ2v) is 6.04. The summed E-state index contributed by atoms with van der Waals surface area (Å²) in [6, 6.07) is 7.28. The van der Waals surface area contributed by atoms with Crippen LogP contribution in [0.25, 0.3) is 0 Å². The molecule has 4 nitrogen and oxygen atoms in total. The molecule has 0 radical (unpaired) electrons. The van der Waals surface area contributed by atoms with Gasteiger partial charge in [0, 0.05) is 22.6 Å². The molecule has 21 heavy (non-hydrogen) atoms. The van der Waals surface area contributed by atoms with E-state index >= 15 is 0 Å². The maximum atomic E-state index is 12.0. The van der Waals surface area contributed by atoms with Crippen molar-refractivity contribution >= 4 is 28.9 Å². The van der Waals surface area contributed by atoms with Gasteiger partial charge < -0.3 is 9.47 Å². The number of carbonyl (C=O) groups is 1. The molecule has 0 amide bonds. The Bertz CT molecular complexity index is 637. The number of rotatable bonds is 4. The van der Waals surface area contributed by atoms with E-state index < -0.39 is 5.97 Å². The predicted octanol–water partition coefficient (Wildman–Crippen LogP) is 4.01. The van der Waals surface area contributed by atoms with Gasteiger partial charge in [-0.25, -0.2) is 9.78 Å². The van der Waals surface area contributed by atoms with Gasteiger partial charge in [-0.3, -0.25) is 0 Å². The smallest absolute Gasteiger partial charge is 0.358 e. The number of hydrogen-bond donors (Lipinski definition) is 0. The highest BCUT2D eigenvalue weighted by Gasteiger charge is 2.22. The van der Waals surface area contributed by atoms with E-state index in [-0.39, 0.29) is 12.7 Å². The maximum Gasteiger partial charge on any atom is 0.358 e. The van der Waals surface area contributed by atoms with E-state index in [4.69, 9.17) is 21.1 Å². The third kappa shape index (κ3) is 3.43. The van der Waals surface area contributed by atoms with E-state index in [0.29, 0.717) is 10.7 Å². The topological polar surface area (TPSA) is 48.4 Å². The van der Waals surface area contributed by atoms with Crippen molar-refractivity contribution in [2.24, 2.45) is 0 Å². The van der Waals surface area contributed by atoms with Crippen LogP contribution in [0, 0.1) is 0 Å². The Hall–Kier alpha value is -1.43. The normalized spacial score (nSPS) is 17.9. The summed E-state index contributed by atoms with van der Waals surface area (Å²) in [5.74, 6) is -0.435. The molecule has 1 aliphatic rings. The summed E-state index contributed by atoms with van der Waals surface area (Å²) in [5.41, 5.74) is 1.11. The fourth-order valence-electron chi connectivity index (χ4n) is 2.13. The molecule has 0 aliphatic carbocycles. The Balaban J connectivity index is 1.62. The Labute approximate surface area is 131 Å². The van der Waals surface area contributed by atoms with Crippen LogP contribution in [0.4, 0.5) is 0 Å². The van der Waals surface area contributed by atoms with E-state index in [9.17, 15) is 4.79 Å². The van der Waals surface area contributed by atoms with Gasteiger partial charge in [0.2, 0.25) is 0 Å². The number of thiazole rings is 1. The van der Waals surface area contributed by atoms with Crippen LogP contribution in [0.5, 0.6) is 0 Å². The predicted molar refractivity (Wildman–Crippen MR) is 80.6 cm³/mol. The van der Waals surface area contributed by atoms with Gasteiger partial charge >= 0.3 is 5.97 Å². The van der Waals surface area contributed by atoms with Crippen molar-refractivity contribution in [3.05, 3.63) is 50.9 Å². The SMILES string of the molecule is O=C(OCc1ccccc1Cl)c1csc(C2CCCO2)n1. The minimum Gasteiger partial charge on any atom is -0.456 e. The monoisotopic (exact) mass is 323 g/mol. The number of benzene rings is 1. The minimum atomic E-state index is -0.435. The molecule has 1 aliphatic heterocycles. The molecule has 1 fully saturated rings. The van der Waals surface area contributed by atoms with Crippen molar-refractivity contribution < 1.29 is 14.3 Å². The molecule has 0 saturated carbocycles. The van der Waals surface area contributed by atoms with Gasteiger partial charge in [-0.2, -0.15) is 0 Å². The summed E-state index contributed by atoms with van der Waals surface area (Å²) in [6.07, 6.45) is 2.03. The number of esters is 1. The van der Waals surface area contributed by atoms with Crippen molar-refractivity contribution in [2.45, 2.75) is 25.6 Å². The molecule has 1 atom stereocenters. The maximum absolute atomic E-state index is 12.0. The summed E-state index contributed by atoms with van der Waals surface area (Å²) in [5, 5.41) is 3.15. The highest BCUT2D eigenvalue weighted by Crippen LogP contribution is 2.30. The number of ether oxygens (including phenoxy) is 2. The van der Waals surface area contributed by atoms with Crippen LogP contribution in [-0.2, 0) is 16.1 Å². The average Bonchev–Trinajstić information content (AvgIpc) is 3.16. The molecule has 2 heterocycles. The van der Waals surface area contributed by atoms with Gasteiger partial charge in [0.05, 0.1) is 0 Å². The summed E-state index contributed by atoms with van der Waals surface area (Å²) in [6.45, 7) is 0.905. The van der Waals surface area contributed by atoms with Crippen molar-refractivity contribution in [3.8, 4) is 0 Å². The second kappa shape index (κ2) is 6.56. The van der Waals surface area contributed by atoms with Gasteiger partial charge in [-0.05, 0) is 18.9 Å². The van der Waals surface area contributed by atoms with Crippen molar-refractivity contribution in [3.63, 3.8) is 0 Å². The van der Waals surface area contributed by atoms with Crippen molar-refractivity contribution in [1.82, 2.24) is 4.98 Å². The number of carbonyl (C=O) groups excluding carboxylic acids is 1. The molecule has 1 unspecified atom stereocenters. The molecular formula is C15H14ClNO3S. The first kappa shape index (κ1) is 14.5. The molecule has 0 N–H and O–H groups in total. The molecular weight excluding hydrogens is 310 g/mol. The van der Waals surface area contributed by atoms with E-state index in [0.717, 1.165) is 30.0 Å².